The Morgan fingerprint density at radius 1 is 1.09 bits per heavy atom. The van der Waals surface area contributed by atoms with E-state index in [0.717, 1.165) is 6.54 Å². The van der Waals surface area contributed by atoms with Crippen LogP contribution in [0.2, 0.25) is 0 Å². The molecule has 0 aliphatic carbocycles. The number of carbonyl (C=O) groups excluding carboxylic acids is 2. The van der Waals surface area contributed by atoms with Crippen molar-refractivity contribution >= 4 is 17.4 Å². The lowest BCUT2D eigenvalue weighted by molar-refractivity contribution is -0.140. The van der Waals surface area contributed by atoms with E-state index in [1.54, 1.807) is 36.4 Å². The molecule has 2 aliphatic heterocycles. The first kappa shape index (κ1) is 23.4. The Balaban J connectivity index is 1.86. The minimum Gasteiger partial charge on any atom is -0.507 e. The minimum atomic E-state index is -0.849. The largest absolute Gasteiger partial charge is 0.507 e. The number of benzene rings is 2. The SMILES string of the molecule is COc1ccc(OC)c(C2/C(=C(\O)c3ccc4c(c3)OCO4)C(=O)C(=O)N2CCCN(C)C)c1. The summed E-state index contributed by atoms with van der Waals surface area (Å²) < 4.78 is 21.7. The Hall–Kier alpha value is -3.72. The van der Waals surface area contributed by atoms with Gasteiger partial charge in [0.05, 0.1) is 25.8 Å². The number of methoxy groups -OCH3 is 2. The van der Waals surface area contributed by atoms with Crippen molar-refractivity contribution in [2.24, 2.45) is 0 Å². The molecule has 2 aromatic rings. The lowest BCUT2D eigenvalue weighted by Crippen LogP contribution is -2.32. The van der Waals surface area contributed by atoms with E-state index in [-0.39, 0.29) is 18.1 Å². The summed E-state index contributed by atoms with van der Waals surface area (Å²) in [4.78, 5) is 29.9. The zero-order chi connectivity index (χ0) is 24.4. The lowest BCUT2D eigenvalue weighted by atomic mass is 9.94. The molecule has 34 heavy (non-hydrogen) atoms. The van der Waals surface area contributed by atoms with E-state index in [9.17, 15) is 14.7 Å². The fourth-order valence-corrected chi connectivity index (χ4v) is 4.24. The van der Waals surface area contributed by atoms with Crippen molar-refractivity contribution in [1.82, 2.24) is 9.80 Å². The van der Waals surface area contributed by atoms with Crippen LogP contribution in [0.4, 0.5) is 0 Å². The monoisotopic (exact) mass is 468 g/mol. The van der Waals surface area contributed by atoms with E-state index in [1.165, 1.54) is 19.1 Å². The Bertz CT molecular complexity index is 1140. The highest BCUT2D eigenvalue weighted by atomic mass is 16.7. The molecular weight excluding hydrogens is 440 g/mol. The molecule has 0 bridgehead atoms. The first-order valence-corrected chi connectivity index (χ1v) is 10.9. The molecule has 2 aliphatic rings. The van der Waals surface area contributed by atoms with E-state index < -0.39 is 17.7 Å². The maximum atomic E-state index is 13.3. The smallest absolute Gasteiger partial charge is 0.295 e. The highest BCUT2D eigenvalue weighted by Crippen LogP contribution is 2.44. The molecule has 1 fully saturated rings. The first-order valence-electron chi connectivity index (χ1n) is 10.9. The summed E-state index contributed by atoms with van der Waals surface area (Å²) in [5.41, 5.74) is 0.885. The second-order valence-electron chi connectivity index (χ2n) is 8.33. The van der Waals surface area contributed by atoms with Gasteiger partial charge in [0, 0.05) is 17.7 Å². The average Bonchev–Trinajstić information content (AvgIpc) is 3.40. The van der Waals surface area contributed by atoms with Gasteiger partial charge in [0.2, 0.25) is 6.79 Å². The van der Waals surface area contributed by atoms with Crippen molar-refractivity contribution in [3.8, 4) is 23.0 Å². The first-order chi connectivity index (χ1) is 16.3. The Kier molecular flexibility index (Phi) is 6.65. The molecule has 4 rings (SSSR count). The zero-order valence-electron chi connectivity index (χ0n) is 19.7. The van der Waals surface area contributed by atoms with Gasteiger partial charge in [-0.25, -0.2) is 0 Å². The summed E-state index contributed by atoms with van der Waals surface area (Å²) in [5, 5.41) is 11.3. The van der Waals surface area contributed by atoms with Gasteiger partial charge < -0.3 is 33.9 Å². The molecule has 1 atom stereocenters. The standard InChI is InChI=1S/C25H28N2O7/c1-26(2)10-5-11-27-22(17-13-16(31-3)7-9-18(17)32-4)21(24(29)25(27)30)23(28)15-6-8-19-20(12-15)34-14-33-19/h6-9,12-13,22,28H,5,10-11,14H2,1-4H3/b23-21+. The average molecular weight is 469 g/mol. The van der Waals surface area contributed by atoms with E-state index in [1.807, 2.05) is 19.0 Å². The summed E-state index contributed by atoms with van der Waals surface area (Å²) >= 11 is 0. The van der Waals surface area contributed by atoms with Crippen molar-refractivity contribution in [3.63, 3.8) is 0 Å². The van der Waals surface area contributed by atoms with Gasteiger partial charge in [-0.2, -0.15) is 0 Å². The number of rotatable bonds is 8. The van der Waals surface area contributed by atoms with E-state index in [0.29, 0.717) is 47.1 Å². The summed E-state index contributed by atoms with van der Waals surface area (Å²) in [5.74, 6) is 0.304. The number of fused-ring (bicyclic) bond motifs is 1. The molecule has 0 saturated carbocycles. The third-order valence-electron chi connectivity index (χ3n) is 5.92. The number of hydrogen-bond acceptors (Lipinski definition) is 8. The number of nitrogens with zero attached hydrogens (tertiary/aromatic N) is 2. The summed E-state index contributed by atoms with van der Waals surface area (Å²) in [6, 6.07) is 9.21. The Morgan fingerprint density at radius 3 is 2.56 bits per heavy atom. The maximum absolute atomic E-state index is 13.3. The van der Waals surface area contributed by atoms with Crippen molar-refractivity contribution < 1.29 is 33.6 Å². The third-order valence-corrected chi connectivity index (χ3v) is 5.92. The normalized spacial score (nSPS) is 18.6. The molecule has 1 amide bonds. The molecule has 2 heterocycles. The van der Waals surface area contributed by atoms with Crippen LogP contribution in [0.3, 0.4) is 0 Å². The van der Waals surface area contributed by atoms with Crippen molar-refractivity contribution in [2.45, 2.75) is 12.5 Å². The van der Waals surface area contributed by atoms with Crippen LogP contribution in [0.25, 0.3) is 5.76 Å². The zero-order valence-corrected chi connectivity index (χ0v) is 19.7. The number of ether oxygens (including phenoxy) is 4. The summed E-state index contributed by atoms with van der Waals surface area (Å²) in [7, 11) is 6.93. The van der Waals surface area contributed by atoms with Crippen LogP contribution in [-0.4, -0.2) is 74.8 Å². The summed E-state index contributed by atoms with van der Waals surface area (Å²) in [6.07, 6.45) is 0.646. The predicted octanol–water partition coefficient (Wildman–Crippen LogP) is 2.81. The minimum absolute atomic E-state index is 0.0136. The molecule has 0 spiro atoms. The fourth-order valence-electron chi connectivity index (χ4n) is 4.24. The number of amides is 1. The third kappa shape index (κ3) is 4.26. The van der Waals surface area contributed by atoms with Crippen LogP contribution < -0.4 is 18.9 Å². The van der Waals surface area contributed by atoms with Crippen LogP contribution in [0, 0.1) is 0 Å². The van der Waals surface area contributed by atoms with E-state index >= 15 is 0 Å². The van der Waals surface area contributed by atoms with Gasteiger partial charge in [-0.15, -0.1) is 0 Å². The number of carbonyl (C=O) groups is 2. The summed E-state index contributed by atoms with van der Waals surface area (Å²) in [6.45, 7) is 1.13. The second kappa shape index (κ2) is 9.64. The molecule has 1 unspecified atom stereocenters. The topological polar surface area (TPSA) is 97.8 Å². The van der Waals surface area contributed by atoms with Gasteiger partial charge >= 0.3 is 0 Å². The molecule has 0 radical (unpaired) electrons. The number of hydrogen-bond donors (Lipinski definition) is 1. The molecule has 9 nitrogen and oxygen atoms in total. The predicted molar refractivity (Wildman–Crippen MR) is 124 cm³/mol. The van der Waals surface area contributed by atoms with Crippen molar-refractivity contribution in [2.75, 3.05) is 48.2 Å². The van der Waals surface area contributed by atoms with Crippen molar-refractivity contribution in [3.05, 3.63) is 53.1 Å². The molecule has 2 aromatic carbocycles. The van der Waals surface area contributed by atoms with Crippen LogP contribution in [0.1, 0.15) is 23.6 Å². The molecule has 180 valence electrons. The maximum Gasteiger partial charge on any atom is 0.295 e. The molecule has 9 heteroatoms. The van der Waals surface area contributed by atoms with Gasteiger partial charge in [0.1, 0.15) is 17.3 Å². The van der Waals surface area contributed by atoms with E-state index in [2.05, 4.69) is 0 Å². The van der Waals surface area contributed by atoms with Gasteiger partial charge in [-0.3, -0.25) is 9.59 Å². The lowest BCUT2D eigenvalue weighted by Gasteiger charge is -2.27. The molecule has 1 saturated heterocycles. The fraction of sp³-hybridized carbons (Fsp3) is 0.360. The number of ketones is 1. The van der Waals surface area contributed by atoms with Crippen LogP contribution in [0.15, 0.2) is 42.0 Å². The van der Waals surface area contributed by atoms with Gasteiger partial charge in [0.25, 0.3) is 11.7 Å². The highest BCUT2D eigenvalue weighted by molar-refractivity contribution is 6.46. The van der Waals surface area contributed by atoms with Crippen LogP contribution in [-0.2, 0) is 9.59 Å². The second-order valence-corrected chi connectivity index (χ2v) is 8.33. The molecule has 1 N–H and O–H groups in total. The van der Waals surface area contributed by atoms with Crippen LogP contribution >= 0.6 is 0 Å². The quantitative estimate of drug-likeness (QED) is 0.359. The number of aliphatic hydroxyl groups is 1. The van der Waals surface area contributed by atoms with Gasteiger partial charge in [-0.05, 0) is 63.5 Å². The van der Waals surface area contributed by atoms with Crippen LogP contribution in [0.5, 0.6) is 23.0 Å². The van der Waals surface area contributed by atoms with Crippen molar-refractivity contribution in [1.29, 1.82) is 0 Å². The van der Waals surface area contributed by atoms with Gasteiger partial charge in [-0.1, -0.05) is 0 Å². The number of Topliss-reactive ketones (excluding diaryl/α,β-unsaturated/α-hetero) is 1. The Labute approximate surface area is 198 Å². The van der Waals surface area contributed by atoms with E-state index in [4.69, 9.17) is 18.9 Å². The Morgan fingerprint density at radius 2 is 1.85 bits per heavy atom. The molecule has 0 aromatic heterocycles. The van der Waals surface area contributed by atoms with Gasteiger partial charge in [0.15, 0.2) is 11.5 Å². The number of likely N-dealkylation sites (tertiary alicyclic amines) is 1. The molecular formula is C25H28N2O7. The highest BCUT2D eigenvalue weighted by Gasteiger charge is 2.47. The number of aliphatic hydroxyl groups excluding tert-OH is 1.